The minimum absolute atomic E-state index is 0.165. The Morgan fingerprint density at radius 2 is 2.24 bits per heavy atom. The summed E-state index contributed by atoms with van der Waals surface area (Å²) in [6.45, 7) is 5.92. The standard InChI is InChI=1S/C15H21BrClNO2S/c1-10-9-11(18-20-4)5-6-12(10)21-14(16)13(19)15(2,3)7-8-17/h5-6,14H,7-9H2,1-4H3. The lowest BCUT2D eigenvalue weighted by Gasteiger charge is -2.25. The van der Waals surface area contributed by atoms with E-state index in [0.717, 1.165) is 17.0 Å². The van der Waals surface area contributed by atoms with Gasteiger partial charge in [0, 0.05) is 22.6 Å². The predicted molar refractivity (Wildman–Crippen MR) is 95.3 cm³/mol. The number of allylic oxidation sites excluding steroid dienone is 3. The summed E-state index contributed by atoms with van der Waals surface area (Å²) in [5.41, 5.74) is 1.66. The smallest absolute Gasteiger partial charge is 0.162 e. The largest absolute Gasteiger partial charge is 0.399 e. The molecular weight excluding hydrogens is 374 g/mol. The van der Waals surface area contributed by atoms with Crippen LogP contribution in [0.5, 0.6) is 0 Å². The third kappa shape index (κ3) is 5.46. The highest BCUT2D eigenvalue weighted by Gasteiger charge is 2.32. The molecule has 21 heavy (non-hydrogen) atoms. The van der Waals surface area contributed by atoms with Crippen molar-refractivity contribution in [2.45, 2.75) is 37.8 Å². The maximum atomic E-state index is 12.5. The van der Waals surface area contributed by atoms with Crippen LogP contribution in [0.1, 0.15) is 33.6 Å². The molecule has 1 aliphatic carbocycles. The second-order valence-corrected chi connectivity index (χ2v) is 8.59. The first kappa shape index (κ1) is 18.8. The van der Waals surface area contributed by atoms with Crippen molar-refractivity contribution in [2.24, 2.45) is 10.6 Å². The highest BCUT2D eigenvalue weighted by Crippen LogP contribution is 2.38. The van der Waals surface area contributed by atoms with E-state index in [-0.39, 0.29) is 9.94 Å². The first-order chi connectivity index (χ1) is 9.81. The molecule has 0 saturated heterocycles. The number of ketones is 1. The van der Waals surface area contributed by atoms with E-state index >= 15 is 0 Å². The molecule has 0 bridgehead atoms. The number of Topliss-reactive ketones (excluding diaryl/α,β-unsaturated/α-hetero) is 1. The fourth-order valence-electron chi connectivity index (χ4n) is 1.88. The lowest BCUT2D eigenvalue weighted by Crippen LogP contribution is -2.30. The summed E-state index contributed by atoms with van der Waals surface area (Å²) in [6.07, 6.45) is 5.32. The summed E-state index contributed by atoms with van der Waals surface area (Å²) >= 11 is 10.8. The second-order valence-electron chi connectivity index (χ2n) is 5.54. The van der Waals surface area contributed by atoms with Gasteiger partial charge in [-0.05, 0) is 25.5 Å². The normalized spacial score (nSPS) is 19.0. The summed E-state index contributed by atoms with van der Waals surface area (Å²) in [7, 11) is 1.54. The lowest BCUT2D eigenvalue weighted by atomic mass is 9.86. The minimum atomic E-state index is -0.418. The highest BCUT2D eigenvalue weighted by molar-refractivity contribution is 9.11. The Morgan fingerprint density at radius 1 is 1.57 bits per heavy atom. The fourth-order valence-corrected chi connectivity index (χ4v) is 4.65. The van der Waals surface area contributed by atoms with Crippen molar-refractivity contribution in [1.82, 2.24) is 0 Å². The molecule has 0 aliphatic heterocycles. The van der Waals surface area contributed by atoms with Crippen LogP contribution in [0.15, 0.2) is 27.8 Å². The van der Waals surface area contributed by atoms with Crippen molar-refractivity contribution in [1.29, 1.82) is 0 Å². The Bertz CT molecular complexity index is 486. The van der Waals surface area contributed by atoms with Crippen LogP contribution >= 0.6 is 39.3 Å². The molecule has 6 heteroatoms. The summed E-state index contributed by atoms with van der Waals surface area (Å²) in [5, 5.41) is 3.94. The zero-order chi connectivity index (χ0) is 16.0. The average molecular weight is 395 g/mol. The third-order valence-corrected chi connectivity index (χ3v) is 5.65. The van der Waals surface area contributed by atoms with Crippen LogP contribution in [-0.2, 0) is 9.63 Å². The maximum absolute atomic E-state index is 12.5. The Hall–Kier alpha value is -0.260. The highest BCUT2D eigenvalue weighted by atomic mass is 79.9. The zero-order valence-corrected chi connectivity index (χ0v) is 15.9. The average Bonchev–Trinajstić information content (AvgIpc) is 2.41. The first-order valence-corrected chi connectivity index (χ1v) is 9.03. The topological polar surface area (TPSA) is 38.7 Å². The number of hydrogen-bond acceptors (Lipinski definition) is 4. The molecule has 0 aromatic rings. The maximum Gasteiger partial charge on any atom is 0.162 e. The van der Waals surface area contributed by atoms with Gasteiger partial charge in [-0.2, -0.15) is 0 Å². The Morgan fingerprint density at radius 3 is 2.76 bits per heavy atom. The van der Waals surface area contributed by atoms with Gasteiger partial charge >= 0.3 is 0 Å². The summed E-state index contributed by atoms with van der Waals surface area (Å²) < 4.78 is -0.272. The van der Waals surface area contributed by atoms with Crippen molar-refractivity contribution >= 4 is 50.8 Å². The molecule has 1 atom stereocenters. The molecule has 0 aromatic carbocycles. The number of carbonyl (C=O) groups excluding carboxylic acids is 1. The second kappa shape index (κ2) is 8.39. The number of nitrogens with zero attached hydrogens (tertiary/aromatic N) is 1. The van der Waals surface area contributed by atoms with Crippen LogP contribution in [0.3, 0.4) is 0 Å². The molecule has 0 saturated carbocycles. The van der Waals surface area contributed by atoms with Gasteiger partial charge in [-0.3, -0.25) is 4.79 Å². The van der Waals surface area contributed by atoms with Crippen molar-refractivity contribution < 1.29 is 9.63 Å². The van der Waals surface area contributed by atoms with E-state index in [9.17, 15) is 4.79 Å². The van der Waals surface area contributed by atoms with E-state index < -0.39 is 5.41 Å². The van der Waals surface area contributed by atoms with Gasteiger partial charge in [0.25, 0.3) is 0 Å². The molecule has 0 radical (unpaired) electrons. The van der Waals surface area contributed by atoms with E-state index in [0.29, 0.717) is 12.3 Å². The van der Waals surface area contributed by atoms with Crippen LogP contribution in [0.4, 0.5) is 0 Å². The number of rotatable bonds is 7. The van der Waals surface area contributed by atoms with Crippen LogP contribution < -0.4 is 0 Å². The summed E-state index contributed by atoms with van der Waals surface area (Å²) in [5.74, 6) is 0.653. The quantitative estimate of drug-likeness (QED) is 0.455. The minimum Gasteiger partial charge on any atom is -0.399 e. The molecule has 0 aromatic heterocycles. The van der Waals surface area contributed by atoms with Gasteiger partial charge in [0.1, 0.15) is 11.3 Å². The number of thioether (sulfide) groups is 1. The van der Waals surface area contributed by atoms with Crippen LogP contribution in [0.25, 0.3) is 0 Å². The van der Waals surface area contributed by atoms with E-state index in [2.05, 4.69) is 21.1 Å². The summed E-state index contributed by atoms with van der Waals surface area (Å²) in [4.78, 5) is 18.4. The monoisotopic (exact) mass is 393 g/mol. The summed E-state index contributed by atoms with van der Waals surface area (Å²) in [6, 6.07) is 0. The number of carbonyl (C=O) groups is 1. The molecule has 3 nitrogen and oxygen atoms in total. The van der Waals surface area contributed by atoms with Gasteiger partial charge in [-0.1, -0.05) is 40.5 Å². The molecule has 1 unspecified atom stereocenters. The molecule has 0 amide bonds. The molecule has 0 spiro atoms. The Labute approximate surface area is 144 Å². The van der Waals surface area contributed by atoms with Gasteiger partial charge in [-0.15, -0.1) is 23.4 Å². The predicted octanol–water partition coefficient (Wildman–Crippen LogP) is 4.90. The Balaban J connectivity index is 2.74. The van der Waals surface area contributed by atoms with Crippen molar-refractivity contribution in [3.63, 3.8) is 0 Å². The number of halogens is 2. The molecule has 1 rings (SSSR count). The van der Waals surface area contributed by atoms with Gasteiger partial charge in [0.05, 0.1) is 5.71 Å². The lowest BCUT2D eigenvalue weighted by molar-refractivity contribution is -0.125. The fraction of sp³-hybridized carbons (Fsp3) is 0.600. The van der Waals surface area contributed by atoms with Crippen LogP contribution in [0, 0.1) is 5.41 Å². The first-order valence-electron chi connectivity index (χ1n) is 6.70. The van der Waals surface area contributed by atoms with Crippen LogP contribution in [-0.4, -0.2) is 28.6 Å². The van der Waals surface area contributed by atoms with Crippen LogP contribution in [0.2, 0.25) is 0 Å². The van der Waals surface area contributed by atoms with E-state index in [4.69, 9.17) is 16.4 Å². The molecule has 0 N–H and O–H groups in total. The Kier molecular flexibility index (Phi) is 7.51. The van der Waals surface area contributed by atoms with Gasteiger partial charge in [-0.25, -0.2) is 0 Å². The molecule has 0 heterocycles. The molecule has 0 fully saturated rings. The van der Waals surface area contributed by atoms with Gasteiger partial charge < -0.3 is 4.84 Å². The third-order valence-electron chi connectivity index (χ3n) is 3.33. The molecule has 1 aliphatic rings. The van der Waals surface area contributed by atoms with E-state index in [1.165, 1.54) is 24.4 Å². The van der Waals surface area contributed by atoms with Crippen molar-refractivity contribution in [3.8, 4) is 0 Å². The van der Waals surface area contributed by atoms with E-state index in [1.807, 2.05) is 32.9 Å². The van der Waals surface area contributed by atoms with Gasteiger partial charge in [0.2, 0.25) is 0 Å². The number of oxime groups is 1. The molecular formula is C15H21BrClNO2S. The number of hydrogen-bond donors (Lipinski definition) is 0. The zero-order valence-electron chi connectivity index (χ0n) is 12.8. The van der Waals surface area contributed by atoms with E-state index in [1.54, 1.807) is 0 Å². The van der Waals surface area contributed by atoms with Crippen molar-refractivity contribution in [2.75, 3.05) is 13.0 Å². The van der Waals surface area contributed by atoms with Crippen molar-refractivity contribution in [3.05, 3.63) is 22.6 Å². The molecule has 118 valence electrons. The SMILES string of the molecule is CON=C1C=CC(SC(Br)C(=O)C(C)(C)CCCl)=C(C)C1. The number of alkyl halides is 2. The van der Waals surface area contributed by atoms with Gasteiger partial charge in [0.15, 0.2) is 5.78 Å².